The molecule has 0 spiro atoms. The van der Waals surface area contributed by atoms with Crippen molar-refractivity contribution in [3.63, 3.8) is 0 Å². The summed E-state index contributed by atoms with van der Waals surface area (Å²) < 4.78 is 5.33. The molecule has 4 bridgehead atoms. The number of methoxy groups -OCH3 is 1. The number of anilines is 1. The van der Waals surface area contributed by atoms with E-state index in [-0.39, 0.29) is 5.91 Å². The van der Waals surface area contributed by atoms with Crippen molar-refractivity contribution in [2.75, 3.05) is 45.2 Å². The molecule has 1 aliphatic heterocycles. The number of hydrogen-bond donors (Lipinski definition) is 1. The number of carbonyl (C=O) groups is 1. The van der Waals surface area contributed by atoms with E-state index in [0.29, 0.717) is 23.0 Å². The fraction of sp³-hybridized carbons (Fsp3) is 0.696. The highest BCUT2D eigenvalue weighted by Crippen LogP contribution is 2.55. The number of rotatable bonds is 5. The van der Waals surface area contributed by atoms with Crippen molar-refractivity contribution < 1.29 is 9.53 Å². The van der Waals surface area contributed by atoms with Crippen LogP contribution in [0, 0.1) is 23.7 Å². The molecule has 6 rings (SSSR count). The van der Waals surface area contributed by atoms with Gasteiger partial charge in [0.05, 0.1) is 19.3 Å². The Bertz CT molecular complexity index is 734. The summed E-state index contributed by atoms with van der Waals surface area (Å²) in [6.07, 6.45) is 7.41. The van der Waals surface area contributed by atoms with Gasteiger partial charge in [-0.05, 0) is 74.0 Å². The first-order valence-electron chi connectivity index (χ1n) is 11.2. The molecule has 5 aliphatic rings. The van der Waals surface area contributed by atoms with Crippen molar-refractivity contribution in [1.82, 2.24) is 9.80 Å². The van der Waals surface area contributed by atoms with E-state index < -0.39 is 0 Å². The molecule has 0 aromatic heterocycles. The quantitative estimate of drug-likeness (QED) is 0.792. The van der Waals surface area contributed by atoms with Crippen molar-refractivity contribution >= 4 is 23.2 Å². The number of nitrogens with one attached hydrogen (secondary N) is 1. The first-order chi connectivity index (χ1) is 14.1. The van der Waals surface area contributed by atoms with E-state index in [2.05, 4.69) is 15.1 Å². The SMILES string of the molecule is COc1ccc(Cl)cc1NC(=O)CN1CCN(C2C3CC4CC(C3)CC2C4)CC1. The molecular weight excluding hydrogens is 386 g/mol. The fourth-order valence-corrected chi connectivity index (χ4v) is 7.06. The minimum Gasteiger partial charge on any atom is -0.495 e. The van der Waals surface area contributed by atoms with Crippen molar-refractivity contribution in [2.45, 2.75) is 38.1 Å². The molecule has 1 heterocycles. The highest BCUT2D eigenvalue weighted by atomic mass is 35.5. The van der Waals surface area contributed by atoms with E-state index in [1.807, 2.05) is 0 Å². The van der Waals surface area contributed by atoms with Crippen LogP contribution in [0.15, 0.2) is 18.2 Å². The van der Waals surface area contributed by atoms with E-state index in [1.54, 1.807) is 25.3 Å². The zero-order valence-electron chi connectivity index (χ0n) is 17.3. The van der Waals surface area contributed by atoms with Gasteiger partial charge in [-0.3, -0.25) is 14.6 Å². The Morgan fingerprint density at radius 2 is 1.72 bits per heavy atom. The van der Waals surface area contributed by atoms with Gasteiger partial charge in [0.25, 0.3) is 0 Å². The maximum Gasteiger partial charge on any atom is 0.238 e. The summed E-state index contributed by atoms with van der Waals surface area (Å²) in [6, 6.07) is 6.10. The Balaban J connectivity index is 1.14. The number of hydrogen-bond acceptors (Lipinski definition) is 4. The predicted molar refractivity (Wildman–Crippen MR) is 115 cm³/mol. The number of halogens is 1. The summed E-state index contributed by atoms with van der Waals surface area (Å²) in [5.41, 5.74) is 0.636. The van der Waals surface area contributed by atoms with Crippen LogP contribution in [-0.4, -0.2) is 61.6 Å². The summed E-state index contributed by atoms with van der Waals surface area (Å²) in [7, 11) is 1.60. The first kappa shape index (κ1) is 19.7. The standard InChI is InChI=1S/C23H32ClN3O2/c1-29-21-3-2-19(24)13-20(21)25-22(28)14-26-4-6-27(7-5-26)23-17-9-15-8-16(11-17)12-18(23)10-15/h2-3,13,15-18,23H,4-12,14H2,1H3,(H,25,28). The smallest absolute Gasteiger partial charge is 0.238 e. The zero-order chi connectivity index (χ0) is 20.0. The lowest BCUT2D eigenvalue weighted by atomic mass is 9.54. The largest absolute Gasteiger partial charge is 0.495 e. The van der Waals surface area contributed by atoms with Gasteiger partial charge in [0, 0.05) is 37.2 Å². The summed E-state index contributed by atoms with van der Waals surface area (Å²) in [6.45, 7) is 4.57. The zero-order valence-corrected chi connectivity index (χ0v) is 18.0. The van der Waals surface area contributed by atoms with Crippen LogP contribution in [0.2, 0.25) is 5.02 Å². The summed E-state index contributed by atoms with van der Waals surface area (Å²) in [5.74, 6) is 4.57. The van der Waals surface area contributed by atoms with Crippen LogP contribution in [0.1, 0.15) is 32.1 Å². The number of carbonyl (C=O) groups excluding carboxylic acids is 1. The lowest BCUT2D eigenvalue weighted by Gasteiger charge is -2.58. The lowest BCUT2D eigenvalue weighted by molar-refractivity contribution is -0.118. The predicted octanol–water partition coefficient (Wildman–Crippen LogP) is 3.73. The number of ether oxygens (including phenoxy) is 1. The summed E-state index contributed by atoms with van der Waals surface area (Å²) in [5, 5.41) is 3.55. The van der Waals surface area contributed by atoms with E-state index in [4.69, 9.17) is 16.3 Å². The van der Waals surface area contributed by atoms with Crippen LogP contribution in [-0.2, 0) is 4.79 Å². The molecule has 1 amide bonds. The maximum absolute atomic E-state index is 12.6. The average molecular weight is 418 g/mol. The number of benzene rings is 1. The van der Waals surface area contributed by atoms with Gasteiger partial charge in [0.15, 0.2) is 0 Å². The Morgan fingerprint density at radius 3 is 2.34 bits per heavy atom. The second-order valence-corrected chi connectivity index (χ2v) is 10.1. The van der Waals surface area contributed by atoms with Crippen LogP contribution in [0.25, 0.3) is 0 Å². The molecule has 4 saturated carbocycles. The third-order valence-electron chi connectivity index (χ3n) is 7.81. The van der Waals surface area contributed by atoms with Gasteiger partial charge in [0.1, 0.15) is 5.75 Å². The number of amides is 1. The van der Waals surface area contributed by atoms with Crippen LogP contribution in [0.4, 0.5) is 5.69 Å². The molecule has 1 aromatic rings. The molecule has 158 valence electrons. The molecule has 6 heteroatoms. The Morgan fingerprint density at radius 1 is 1.07 bits per heavy atom. The van der Waals surface area contributed by atoms with E-state index >= 15 is 0 Å². The molecule has 4 aliphatic carbocycles. The average Bonchev–Trinajstić information content (AvgIpc) is 2.68. The topological polar surface area (TPSA) is 44.8 Å². The molecular formula is C23H32ClN3O2. The van der Waals surface area contributed by atoms with E-state index in [9.17, 15) is 4.79 Å². The van der Waals surface area contributed by atoms with Crippen LogP contribution in [0.3, 0.4) is 0 Å². The van der Waals surface area contributed by atoms with Crippen molar-refractivity contribution in [3.8, 4) is 5.75 Å². The van der Waals surface area contributed by atoms with Crippen LogP contribution >= 0.6 is 11.6 Å². The van der Waals surface area contributed by atoms with Crippen molar-refractivity contribution in [3.05, 3.63) is 23.2 Å². The fourth-order valence-electron chi connectivity index (χ4n) is 6.88. The number of nitrogens with zero attached hydrogens (tertiary/aromatic N) is 2. The molecule has 1 N–H and O–H groups in total. The molecule has 5 nitrogen and oxygen atoms in total. The van der Waals surface area contributed by atoms with Crippen molar-refractivity contribution in [2.24, 2.45) is 23.7 Å². The Hall–Kier alpha value is -1.30. The van der Waals surface area contributed by atoms with Crippen molar-refractivity contribution in [1.29, 1.82) is 0 Å². The summed E-state index contributed by atoms with van der Waals surface area (Å²) >= 11 is 6.07. The monoisotopic (exact) mass is 417 g/mol. The highest BCUT2D eigenvalue weighted by Gasteiger charge is 2.50. The second-order valence-electron chi connectivity index (χ2n) is 9.63. The number of piperazine rings is 1. The van der Waals surface area contributed by atoms with E-state index in [0.717, 1.165) is 55.9 Å². The molecule has 5 fully saturated rings. The minimum atomic E-state index is -0.00589. The van der Waals surface area contributed by atoms with Crippen LogP contribution in [0.5, 0.6) is 5.75 Å². The third-order valence-corrected chi connectivity index (χ3v) is 8.04. The maximum atomic E-state index is 12.6. The Labute approximate surface area is 178 Å². The molecule has 0 unspecified atom stereocenters. The molecule has 0 radical (unpaired) electrons. The van der Waals surface area contributed by atoms with Gasteiger partial charge in [-0.2, -0.15) is 0 Å². The molecule has 0 atom stereocenters. The normalized spacial score (nSPS) is 34.3. The molecule has 29 heavy (non-hydrogen) atoms. The third kappa shape index (κ3) is 4.01. The van der Waals surface area contributed by atoms with E-state index in [1.165, 1.54) is 32.1 Å². The van der Waals surface area contributed by atoms with Crippen LogP contribution < -0.4 is 10.1 Å². The second kappa shape index (κ2) is 8.09. The lowest BCUT2D eigenvalue weighted by Crippen LogP contribution is -2.60. The highest BCUT2D eigenvalue weighted by molar-refractivity contribution is 6.31. The summed E-state index contributed by atoms with van der Waals surface area (Å²) in [4.78, 5) is 17.6. The molecule has 1 aromatic carbocycles. The minimum absolute atomic E-state index is 0.00589. The first-order valence-corrected chi connectivity index (χ1v) is 11.6. The van der Waals surface area contributed by atoms with Gasteiger partial charge >= 0.3 is 0 Å². The molecule has 1 saturated heterocycles. The van der Waals surface area contributed by atoms with Gasteiger partial charge in [-0.1, -0.05) is 11.6 Å². The van der Waals surface area contributed by atoms with Gasteiger partial charge in [-0.15, -0.1) is 0 Å². The van der Waals surface area contributed by atoms with Gasteiger partial charge in [-0.25, -0.2) is 0 Å². The van der Waals surface area contributed by atoms with Gasteiger partial charge in [0.2, 0.25) is 5.91 Å². The van der Waals surface area contributed by atoms with Gasteiger partial charge < -0.3 is 10.1 Å². The Kier molecular flexibility index (Phi) is 5.48.